The van der Waals surface area contributed by atoms with Gasteiger partial charge in [0.1, 0.15) is 10.7 Å². The molecule has 6 heteroatoms. The van der Waals surface area contributed by atoms with Crippen molar-refractivity contribution in [1.29, 1.82) is 5.26 Å². The minimum atomic E-state index is -2.80. The third-order valence-electron chi connectivity index (χ3n) is 1.66. The summed E-state index contributed by atoms with van der Waals surface area (Å²) in [5.74, 6) is 0. The largest absolute Gasteiger partial charge is 0.392 e. The summed E-state index contributed by atoms with van der Waals surface area (Å²) < 4.78 is 25.1. The first-order chi connectivity index (χ1) is 6.61. The van der Waals surface area contributed by atoms with Crippen LogP contribution >= 0.6 is 15.9 Å². The van der Waals surface area contributed by atoms with Crippen molar-refractivity contribution < 1.29 is 13.9 Å². The molecule has 0 radical (unpaired) electrons. The van der Waals surface area contributed by atoms with Gasteiger partial charge in [-0.1, -0.05) is 0 Å². The lowest BCUT2D eigenvalue weighted by Gasteiger charge is -2.08. The first kappa shape index (κ1) is 11.0. The number of pyridine rings is 1. The van der Waals surface area contributed by atoms with Gasteiger partial charge >= 0.3 is 0 Å². The minimum absolute atomic E-state index is 0.0280. The minimum Gasteiger partial charge on any atom is -0.392 e. The van der Waals surface area contributed by atoms with E-state index in [-0.39, 0.29) is 15.7 Å². The molecule has 0 aromatic carbocycles. The van der Waals surface area contributed by atoms with E-state index in [4.69, 9.17) is 10.4 Å². The van der Waals surface area contributed by atoms with Gasteiger partial charge in [0.15, 0.2) is 0 Å². The van der Waals surface area contributed by atoms with Crippen molar-refractivity contribution in [1.82, 2.24) is 4.98 Å². The predicted molar refractivity (Wildman–Crippen MR) is 47.5 cm³/mol. The maximum Gasteiger partial charge on any atom is 0.265 e. The summed E-state index contributed by atoms with van der Waals surface area (Å²) >= 11 is 2.89. The molecule has 0 saturated heterocycles. The maximum atomic E-state index is 12.5. The smallest absolute Gasteiger partial charge is 0.265 e. The summed E-state index contributed by atoms with van der Waals surface area (Å²) in [7, 11) is 0. The van der Waals surface area contributed by atoms with Crippen LogP contribution < -0.4 is 0 Å². The van der Waals surface area contributed by atoms with Crippen LogP contribution in [0.5, 0.6) is 0 Å². The highest BCUT2D eigenvalue weighted by atomic mass is 79.9. The Labute approximate surface area is 87.1 Å². The van der Waals surface area contributed by atoms with Crippen molar-refractivity contribution in [3.05, 3.63) is 27.5 Å². The molecule has 1 rings (SSSR count). The van der Waals surface area contributed by atoms with Crippen molar-refractivity contribution >= 4 is 15.9 Å². The van der Waals surface area contributed by atoms with Crippen molar-refractivity contribution in [3.63, 3.8) is 0 Å². The standard InChI is InChI=1S/C8H5BrF2N2O/c9-7-5(1-12)6(8(10)11)4(3-14)2-13-7/h2,8,14H,3H2. The molecule has 3 nitrogen and oxygen atoms in total. The molecule has 1 N–H and O–H groups in total. The fraction of sp³-hybridized carbons (Fsp3) is 0.250. The first-order valence-corrected chi connectivity index (χ1v) is 4.37. The number of rotatable bonds is 2. The summed E-state index contributed by atoms with van der Waals surface area (Å²) in [6, 6.07) is 1.62. The topological polar surface area (TPSA) is 56.9 Å². The van der Waals surface area contributed by atoms with Gasteiger partial charge in [-0.15, -0.1) is 0 Å². The average molecular weight is 263 g/mol. The van der Waals surface area contributed by atoms with Crippen LogP contribution in [0.3, 0.4) is 0 Å². The molecule has 74 valence electrons. The predicted octanol–water partition coefficient (Wildman–Crippen LogP) is 2.15. The Hall–Kier alpha value is -1.06. The number of nitrogens with zero attached hydrogens (tertiary/aromatic N) is 2. The van der Waals surface area contributed by atoms with E-state index < -0.39 is 18.6 Å². The number of aromatic nitrogens is 1. The van der Waals surface area contributed by atoms with Crippen LogP contribution in [-0.2, 0) is 6.61 Å². The van der Waals surface area contributed by atoms with Crippen molar-refractivity contribution in [2.45, 2.75) is 13.0 Å². The number of hydrogen-bond donors (Lipinski definition) is 1. The van der Waals surface area contributed by atoms with Gasteiger partial charge in [-0.3, -0.25) is 0 Å². The Morgan fingerprint density at radius 1 is 1.64 bits per heavy atom. The summed E-state index contributed by atoms with van der Waals surface area (Å²) in [6.07, 6.45) is -1.68. The van der Waals surface area contributed by atoms with Gasteiger partial charge in [0, 0.05) is 17.3 Å². The second kappa shape index (κ2) is 4.44. The second-order valence-corrected chi connectivity index (χ2v) is 3.18. The number of aliphatic hydroxyl groups excluding tert-OH is 1. The van der Waals surface area contributed by atoms with Crippen molar-refractivity contribution in [2.24, 2.45) is 0 Å². The summed E-state index contributed by atoms with van der Waals surface area (Å²) in [5, 5.41) is 17.4. The van der Waals surface area contributed by atoms with E-state index in [2.05, 4.69) is 20.9 Å². The van der Waals surface area contributed by atoms with E-state index in [0.29, 0.717) is 0 Å². The van der Waals surface area contributed by atoms with Crippen molar-refractivity contribution in [3.8, 4) is 6.07 Å². The highest BCUT2D eigenvalue weighted by Crippen LogP contribution is 2.29. The Kier molecular flexibility index (Phi) is 3.49. The lowest BCUT2D eigenvalue weighted by atomic mass is 10.1. The van der Waals surface area contributed by atoms with Gasteiger partial charge < -0.3 is 5.11 Å². The van der Waals surface area contributed by atoms with Gasteiger partial charge in [0.05, 0.1) is 12.2 Å². The molecule has 0 aliphatic heterocycles. The molecular weight excluding hydrogens is 258 g/mol. The van der Waals surface area contributed by atoms with Crippen LogP contribution in [0.2, 0.25) is 0 Å². The summed E-state index contributed by atoms with van der Waals surface area (Å²) in [4.78, 5) is 3.66. The summed E-state index contributed by atoms with van der Waals surface area (Å²) in [5.41, 5.74) is -0.719. The Balaban J connectivity index is 3.46. The number of alkyl halides is 2. The van der Waals surface area contributed by atoms with Crippen molar-refractivity contribution in [2.75, 3.05) is 0 Å². The molecule has 0 unspecified atom stereocenters. The van der Waals surface area contributed by atoms with Crippen LogP contribution in [0.15, 0.2) is 10.8 Å². The Morgan fingerprint density at radius 2 is 2.29 bits per heavy atom. The third-order valence-corrected chi connectivity index (χ3v) is 2.26. The molecule has 0 saturated carbocycles. The number of aliphatic hydroxyl groups is 1. The second-order valence-electron chi connectivity index (χ2n) is 2.43. The molecular formula is C8H5BrF2N2O. The van der Waals surface area contributed by atoms with Gasteiger partial charge in [-0.2, -0.15) is 5.26 Å². The zero-order chi connectivity index (χ0) is 10.7. The quantitative estimate of drug-likeness (QED) is 0.831. The molecule has 1 heterocycles. The van der Waals surface area contributed by atoms with Gasteiger partial charge in [-0.05, 0) is 15.9 Å². The SMILES string of the molecule is N#Cc1c(Br)ncc(CO)c1C(F)F. The number of nitriles is 1. The fourth-order valence-electron chi connectivity index (χ4n) is 1.02. The van der Waals surface area contributed by atoms with E-state index in [1.165, 1.54) is 0 Å². The van der Waals surface area contributed by atoms with Gasteiger partial charge in [0.2, 0.25) is 0 Å². The first-order valence-electron chi connectivity index (χ1n) is 3.58. The highest BCUT2D eigenvalue weighted by molar-refractivity contribution is 9.10. The molecule has 1 aromatic heterocycles. The monoisotopic (exact) mass is 262 g/mol. The van der Waals surface area contributed by atoms with E-state index in [9.17, 15) is 8.78 Å². The third kappa shape index (κ3) is 1.89. The van der Waals surface area contributed by atoms with E-state index in [1.54, 1.807) is 6.07 Å². The molecule has 0 bridgehead atoms. The molecule has 0 fully saturated rings. The molecule has 0 amide bonds. The molecule has 14 heavy (non-hydrogen) atoms. The van der Waals surface area contributed by atoms with Crippen LogP contribution in [0.4, 0.5) is 8.78 Å². The lowest BCUT2D eigenvalue weighted by molar-refractivity contribution is 0.146. The molecule has 0 atom stereocenters. The van der Waals surface area contributed by atoms with E-state index >= 15 is 0 Å². The van der Waals surface area contributed by atoms with Gasteiger partial charge in [0.25, 0.3) is 6.43 Å². The average Bonchev–Trinajstić information content (AvgIpc) is 2.17. The molecule has 0 aliphatic rings. The van der Waals surface area contributed by atoms with E-state index in [1.807, 2.05) is 0 Å². The zero-order valence-electron chi connectivity index (χ0n) is 6.84. The highest BCUT2D eigenvalue weighted by Gasteiger charge is 2.20. The maximum absolute atomic E-state index is 12.5. The zero-order valence-corrected chi connectivity index (χ0v) is 8.42. The van der Waals surface area contributed by atoms with Crippen LogP contribution in [-0.4, -0.2) is 10.1 Å². The number of hydrogen-bond acceptors (Lipinski definition) is 3. The van der Waals surface area contributed by atoms with Crippen LogP contribution in [0.1, 0.15) is 23.1 Å². The normalized spacial score (nSPS) is 10.3. The molecule has 1 aromatic rings. The molecule has 0 aliphatic carbocycles. The van der Waals surface area contributed by atoms with Crippen LogP contribution in [0.25, 0.3) is 0 Å². The number of halogens is 3. The Morgan fingerprint density at radius 3 is 2.71 bits per heavy atom. The van der Waals surface area contributed by atoms with Gasteiger partial charge in [-0.25, -0.2) is 13.8 Å². The Bertz CT molecular complexity index is 390. The fourth-order valence-corrected chi connectivity index (χ4v) is 1.43. The van der Waals surface area contributed by atoms with Crippen LogP contribution in [0, 0.1) is 11.3 Å². The lowest BCUT2D eigenvalue weighted by Crippen LogP contribution is -2.01. The molecule has 0 spiro atoms. The van der Waals surface area contributed by atoms with E-state index in [0.717, 1.165) is 6.20 Å². The summed E-state index contributed by atoms with van der Waals surface area (Å²) in [6.45, 7) is -0.561.